The van der Waals surface area contributed by atoms with E-state index in [2.05, 4.69) is 131 Å². The van der Waals surface area contributed by atoms with Crippen LogP contribution in [0.15, 0.2) is 125 Å². The number of hydrogen-bond acceptors (Lipinski definition) is 2. The summed E-state index contributed by atoms with van der Waals surface area (Å²) in [4.78, 5) is 5.18. The van der Waals surface area contributed by atoms with Gasteiger partial charge in [-0.25, -0.2) is 4.99 Å². The number of amidine groups is 1. The molecule has 3 nitrogen and oxygen atoms in total. The van der Waals surface area contributed by atoms with Crippen molar-refractivity contribution in [1.82, 2.24) is 9.88 Å². The number of fused-ring (bicyclic) bond motifs is 8. The van der Waals surface area contributed by atoms with E-state index in [0.29, 0.717) is 0 Å². The van der Waals surface area contributed by atoms with E-state index >= 15 is 0 Å². The maximum atomic E-state index is 5.18. The molecule has 3 aliphatic carbocycles. The fourth-order valence-corrected chi connectivity index (χ4v) is 7.71. The zero-order valence-electron chi connectivity index (χ0n) is 24.1. The average Bonchev–Trinajstić information content (AvgIpc) is 3.44. The fourth-order valence-electron chi connectivity index (χ4n) is 7.71. The number of allylic oxidation sites excluding steroid dienone is 4. The monoisotopic (exact) mass is 555 g/mol. The first-order valence-electron chi connectivity index (χ1n) is 15.7. The Morgan fingerprint density at radius 1 is 0.744 bits per heavy atom. The fraction of sp³-hybridized carbons (Fsp3) is 0.175. The van der Waals surface area contributed by atoms with Crippen LogP contribution in [0.1, 0.15) is 64.7 Å². The zero-order chi connectivity index (χ0) is 28.3. The van der Waals surface area contributed by atoms with Crippen molar-refractivity contribution in [1.29, 1.82) is 0 Å². The van der Waals surface area contributed by atoms with Gasteiger partial charge in [0.2, 0.25) is 0 Å². The molecule has 1 N–H and O–H groups in total. The molecule has 0 fully saturated rings. The molecule has 2 unspecified atom stereocenters. The highest BCUT2D eigenvalue weighted by Crippen LogP contribution is 2.45. The largest absolute Gasteiger partial charge is 0.359 e. The van der Waals surface area contributed by atoms with E-state index in [1.807, 2.05) is 0 Å². The van der Waals surface area contributed by atoms with Gasteiger partial charge in [0, 0.05) is 21.9 Å². The summed E-state index contributed by atoms with van der Waals surface area (Å²) in [5.74, 6) is 0.936. The minimum absolute atomic E-state index is 0.0321. The Kier molecular flexibility index (Phi) is 5.65. The first-order valence-corrected chi connectivity index (χ1v) is 15.7. The molecule has 0 radical (unpaired) electrons. The molecule has 3 heteroatoms. The SMILES string of the molecule is C1=Cc2c(ccc3c2c2c4c(ccc2n3C2C=C3C(=CC2)N=C(c2ccccc2)NC3c2ccccc2)C=CCC4)CC1. The predicted molar refractivity (Wildman–Crippen MR) is 179 cm³/mol. The smallest absolute Gasteiger partial charge is 0.134 e. The van der Waals surface area contributed by atoms with Crippen molar-refractivity contribution in [3.63, 3.8) is 0 Å². The van der Waals surface area contributed by atoms with E-state index in [9.17, 15) is 0 Å². The highest BCUT2D eigenvalue weighted by atomic mass is 15.1. The number of hydrogen-bond donors (Lipinski definition) is 1. The molecule has 2 heterocycles. The van der Waals surface area contributed by atoms with Crippen LogP contribution in [0.2, 0.25) is 0 Å². The Bertz CT molecular complexity index is 2070. The van der Waals surface area contributed by atoms with Crippen molar-refractivity contribution < 1.29 is 0 Å². The summed E-state index contributed by atoms with van der Waals surface area (Å²) in [6.45, 7) is 0. The van der Waals surface area contributed by atoms with Crippen molar-refractivity contribution in [2.24, 2.45) is 4.99 Å². The van der Waals surface area contributed by atoms with Gasteiger partial charge in [0.25, 0.3) is 0 Å². The van der Waals surface area contributed by atoms with Crippen molar-refractivity contribution in [2.75, 3.05) is 0 Å². The molecule has 43 heavy (non-hydrogen) atoms. The second-order valence-corrected chi connectivity index (χ2v) is 12.1. The molecule has 0 saturated heterocycles. The van der Waals surface area contributed by atoms with Gasteiger partial charge in [0.1, 0.15) is 5.84 Å². The lowest BCUT2D eigenvalue weighted by atomic mass is 9.88. The lowest BCUT2D eigenvalue weighted by Crippen LogP contribution is -2.35. The normalized spacial score (nSPS) is 20.5. The number of aliphatic imine (C=N–C) groups is 1. The summed E-state index contributed by atoms with van der Waals surface area (Å²) < 4.78 is 2.63. The highest BCUT2D eigenvalue weighted by Gasteiger charge is 2.31. The van der Waals surface area contributed by atoms with E-state index < -0.39 is 0 Å². The number of nitrogens with one attached hydrogen (secondary N) is 1. The van der Waals surface area contributed by atoms with Crippen LogP contribution in [0, 0.1) is 0 Å². The molecule has 0 spiro atoms. The standard InChI is InChI=1S/C40H33N3/c1-3-13-28(14-4-1)39-33-25-30(21-22-34(33)41-40(42-39)29-15-5-2-6-16-29)43-35-23-19-26-11-7-9-17-31(26)37(35)38-32-18-10-8-12-27(32)20-24-36(38)43/h1-7,10-11,13-16,18-20,22-25,30,39H,8-9,12,17,21H2,(H,41,42). The number of aromatic nitrogens is 1. The third-order valence-corrected chi connectivity index (χ3v) is 9.69. The van der Waals surface area contributed by atoms with E-state index in [-0.39, 0.29) is 12.1 Å². The molecule has 2 atom stereocenters. The summed E-state index contributed by atoms with van der Waals surface area (Å²) >= 11 is 0. The second-order valence-electron chi connectivity index (χ2n) is 12.1. The summed E-state index contributed by atoms with van der Waals surface area (Å²) in [5.41, 5.74) is 13.2. The molecule has 4 aromatic carbocycles. The number of nitrogens with zero attached hydrogens (tertiary/aromatic N) is 2. The Morgan fingerprint density at radius 3 is 2.40 bits per heavy atom. The molecule has 0 saturated carbocycles. The Balaban J connectivity index is 1.26. The van der Waals surface area contributed by atoms with Crippen molar-refractivity contribution in [3.8, 4) is 0 Å². The van der Waals surface area contributed by atoms with Crippen LogP contribution in [-0.4, -0.2) is 10.4 Å². The predicted octanol–water partition coefficient (Wildman–Crippen LogP) is 9.26. The first kappa shape index (κ1) is 24.7. The van der Waals surface area contributed by atoms with Crippen LogP contribution in [0.25, 0.3) is 34.0 Å². The van der Waals surface area contributed by atoms with E-state index in [1.54, 1.807) is 0 Å². The molecule has 5 aromatic rings. The molecule has 1 aliphatic heterocycles. The molecule has 0 bridgehead atoms. The van der Waals surface area contributed by atoms with Gasteiger partial charge in [0.05, 0.1) is 28.8 Å². The third-order valence-electron chi connectivity index (χ3n) is 9.69. The lowest BCUT2D eigenvalue weighted by Gasteiger charge is -2.33. The van der Waals surface area contributed by atoms with Gasteiger partial charge in [-0.05, 0) is 72.1 Å². The van der Waals surface area contributed by atoms with Crippen LogP contribution < -0.4 is 5.32 Å². The lowest BCUT2D eigenvalue weighted by molar-refractivity contribution is 0.612. The summed E-state index contributed by atoms with van der Waals surface area (Å²) in [6, 6.07) is 31.0. The van der Waals surface area contributed by atoms with Crippen LogP contribution >= 0.6 is 0 Å². The van der Waals surface area contributed by atoms with Crippen molar-refractivity contribution in [2.45, 2.75) is 44.2 Å². The third kappa shape index (κ3) is 3.91. The van der Waals surface area contributed by atoms with E-state index in [1.165, 1.54) is 55.2 Å². The Morgan fingerprint density at radius 2 is 1.51 bits per heavy atom. The topological polar surface area (TPSA) is 29.3 Å². The number of benzene rings is 4. The maximum absolute atomic E-state index is 5.18. The van der Waals surface area contributed by atoms with Gasteiger partial charge in [-0.3, -0.25) is 0 Å². The number of aryl methyl sites for hydroxylation is 2. The van der Waals surface area contributed by atoms with E-state index in [4.69, 9.17) is 4.99 Å². The molecule has 1 aromatic heterocycles. The molecule has 4 aliphatic rings. The molecular formula is C40H33N3. The van der Waals surface area contributed by atoms with Gasteiger partial charge < -0.3 is 9.88 Å². The van der Waals surface area contributed by atoms with Gasteiger partial charge in [-0.2, -0.15) is 0 Å². The molecule has 0 amide bonds. The summed E-state index contributed by atoms with van der Waals surface area (Å²) in [7, 11) is 0. The maximum Gasteiger partial charge on any atom is 0.134 e. The Hall–Kier alpha value is -4.89. The molecule has 9 rings (SSSR count). The van der Waals surface area contributed by atoms with Crippen molar-refractivity contribution in [3.05, 3.63) is 154 Å². The van der Waals surface area contributed by atoms with Crippen LogP contribution in [0.5, 0.6) is 0 Å². The van der Waals surface area contributed by atoms with Gasteiger partial charge in [0.15, 0.2) is 0 Å². The van der Waals surface area contributed by atoms with Gasteiger partial charge >= 0.3 is 0 Å². The molecular weight excluding hydrogens is 522 g/mol. The summed E-state index contributed by atoms with van der Waals surface area (Å²) in [5, 5.41) is 6.72. The van der Waals surface area contributed by atoms with E-state index in [0.717, 1.165) is 49.2 Å². The van der Waals surface area contributed by atoms with Crippen LogP contribution in [0.4, 0.5) is 0 Å². The second kappa shape index (κ2) is 9.84. The minimum Gasteiger partial charge on any atom is -0.359 e. The highest BCUT2D eigenvalue weighted by molar-refractivity contribution is 6.15. The zero-order valence-corrected chi connectivity index (χ0v) is 24.1. The summed E-state index contributed by atoms with van der Waals surface area (Å²) in [6.07, 6.45) is 19.6. The average molecular weight is 556 g/mol. The van der Waals surface area contributed by atoms with Gasteiger partial charge in [-0.15, -0.1) is 0 Å². The quantitative estimate of drug-likeness (QED) is 0.236. The minimum atomic E-state index is 0.0321. The van der Waals surface area contributed by atoms with Crippen LogP contribution in [-0.2, 0) is 12.8 Å². The molecule has 208 valence electrons. The first-order chi connectivity index (χ1) is 21.3. The van der Waals surface area contributed by atoms with Gasteiger partial charge in [-0.1, -0.05) is 109 Å². The Labute approximate surface area is 252 Å². The number of rotatable bonds is 3. The van der Waals surface area contributed by atoms with Crippen molar-refractivity contribution >= 4 is 39.8 Å². The van der Waals surface area contributed by atoms with Crippen LogP contribution in [0.3, 0.4) is 0 Å².